The van der Waals surface area contributed by atoms with Gasteiger partial charge in [0.05, 0.1) is 20.8 Å². The van der Waals surface area contributed by atoms with Gasteiger partial charge in [0.1, 0.15) is 5.25 Å². The largest absolute Gasteiger partial charge is 0.493 e. The summed E-state index contributed by atoms with van der Waals surface area (Å²) < 4.78 is 10.4. The number of ether oxygens (including phenoxy) is 2. The van der Waals surface area contributed by atoms with Crippen molar-refractivity contribution in [1.29, 1.82) is 0 Å². The minimum Gasteiger partial charge on any atom is -0.493 e. The first kappa shape index (κ1) is 19.8. The molecular formula is C20H21N3O4S. The molecule has 2 aromatic carbocycles. The van der Waals surface area contributed by atoms with E-state index in [1.807, 2.05) is 30.3 Å². The van der Waals surface area contributed by atoms with Crippen LogP contribution in [0.5, 0.6) is 11.5 Å². The van der Waals surface area contributed by atoms with Crippen LogP contribution in [-0.4, -0.2) is 36.5 Å². The van der Waals surface area contributed by atoms with Gasteiger partial charge < -0.3 is 20.1 Å². The Bertz CT molecular complexity index is 886. The van der Waals surface area contributed by atoms with E-state index in [0.29, 0.717) is 28.9 Å². The lowest BCUT2D eigenvalue weighted by Crippen LogP contribution is -2.28. The fourth-order valence-electron chi connectivity index (χ4n) is 2.66. The lowest BCUT2D eigenvalue weighted by Gasteiger charge is -2.11. The first-order valence-corrected chi connectivity index (χ1v) is 9.55. The van der Waals surface area contributed by atoms with Crippen LogP contribution in [0.25, 0.3) is 0 Å². The number of carbonyl (C=O) groups excluding carboxylic acids is 2. The van der Waals surface area contributed by atoms with Crippen LogP contribution in [0, 0.1) is 0 Å². The average Bonchev–Trinajstić information content (AvgIpc) is 3.06. The Kier molecular flexibility index (Phi) is 6.54. The fraction of sp³-hybridized carbons (Fsp3) is 0.250. The van der Waals surface area contributed by atoms with Gasteiger partial charge in [-0.15, -0.1) is 0 Å². The number of hydrogen-bond donors (Lipinski definition) is 2. The molecule has 8 heteroatoms. The molecule has 146 valence electrons. The predicted molar refractivity (Wildman–Crippen MR) is 110 cm³/mol. The topological polar surface area (TPSA) is 89.0 Å². The van der Waals surface area contributed by atoms with Gasteiger partial charge in [-0.2, -0.15) is 0 Å². The van der Waals surface area contributed by atoms with Crippen molar-refractivity contribution < 1.29 is 19.1 Å². The van der Waals surface area contributed by atoms with Gasteiger partial charge in [-0.05, 0) is 17.7 Å². The molecule has 2 aromatic rings. The zero-order chi connectivity index (χ0) is 19.9. The molecule has 1 fully saturated rings. The Balaban J connectivity index is 1.56. The Morgan fingerprint density at radius 1 is 1.14 bits per heavy atom. The molecule has 2 N–H and O–H groups in total. The number of aliphatic imine (C=N–C) groups is 1. The average molecular weight is 399 g/mol. The van der Waals surface area contributed by atoms with Gasteiger partial charge in [-0.25, -0.2) is 0 Å². The number of thioether (sulfide) groups is 1. The van der Waals surface area contributed by atoms with E-state index in [2.05, 4.69) is 15.6 Å². The summed E-state index contributed by atoms with van der Waals surface area (Å²) in [6, 6.07) is 14.9. The molecule has 1 atom stereocenters. The van der Waals surface area contributed by atoms with E-state index >= 15 is 0 Å². The summed E-state index contributed by atoms with van der Waals surface area (Å²) in [5, 5.41) is 5.55. The van der Waals surface area contributed by atoms with Crippen LogP contribution in [0.2, 0.25) is 0 Å². The van der Waals surface area contributed by atoms with Crippen molar-refractivity contribution in [2.75, 3.05) is 19.5 Å². The molecule has 0 aliphatic carbocycles. The van der Waals surface area contributed by atoms with Crippen LogP contribution in [0.4, 0.5) is 5.69 Å². The highest BCUT2D eigenvalue weighted by atomic mass is 32.2. The van der Waals surface area contributed by atoms with Gasteiger partial charge in [-0.3, -0.25) is 14.6 Å². The zero-order valence-electron chi connectivity index (χ0n) is 15.6. The van der Waals surface area contributed by atoms with Crippen molar-refractivity contribution >= 4 is 34.4 Å². The summed E-state index contributed by atoms with van der Waals surface area (Å²) in [6.07, 6.45) is 0.0508. The van der Waals surface area contributed by atoms with Crippen LogP contribution < -0.4 is 20.1 Å². The van der Waals surface area contributed by atoms with E-state index in [-0.39, 0.29) is 18.2 Å². The van der Waals surface area contributed by atoms with E-state index in [1.54, 1.807) is 25.3 Å². The summed E-state index contributed by atoms with van der Waals surface area (Å²) in [4.78, 5) is 28.9. The SMILES string of the molecule is COc1ccc(NC(=O)CC2SC(=NCc3ccccc3)NC2=O)cc1OC. The molecule has 1 unspecified atom stereocenters. The maximum absolute atomic E-state index is 12.3. The normalized spacial score (nSPS) is 17.3. The molecule has 0 bridgehead atoms. The number of nitrogens with one attached hydrogen (secondary N) is 2. The van der Waals surface area contributed by atoms with Crippen LogP contribution in [0.1, 0.15) is 12.0 Å². The standard InChI is InChI=1S/C20H21N3O4S/c1-26-15-9-8-14(10-16(15)27-2)22-18(24)11-17-19(25)23-20(28-17)21-12-13-6-4-3-5-7-13/h3-10,17H,11-12H2,1-2H3,(H,22,24)(H,21,23,25). The number of amidine groups is 1. The number of nitrogens with zero attached hydrogens (tertiary/aromatic N) is 1. The van der Waals surface area contributed by atoms with Crippen molar-refractivity contribution in [3.8, 4) is 11.5 Å². The van der Waals surface area contributed by atoms with Crippen molar-refractivity contribution in [2.24, 2.45) is 4.99 Å². The highest BCUT2D eigenvalue weighted by Gasteiger charge is 2.32. The third-order valence-electron chi connectivity index (χ3n) is 4.06. The minimum absolute atomic E-state index is 0.0508. The molecule has 0 aromatic heterocycles. The molecule has 1 aliphatic rings. The maximum atomic E-state index is 12.3. The van der Waals surface area contributed by atoms with E-state index in [1.165, 1.54) is 18.9 Å². The lowest BCUT2D eigenvalue weighted by molar-refractivity contribution is -0.122. The van der Waals surface area contributed by atoms with Gasteiger partial charge in [-0.1, -0.05) is 42.1 Å². The number of anilines is 1. The Morgan fingerprint density at radius 3 is 2.61 bits per heavy atom. The Hall–Kier alpha value is -3.00. The molecule has 7 nitrogen and oxygen atoms in total. The van der Waals surface area contributed by atoms with Gasteiger partial charge in [0.15, 0.2) is 16.7 Å². The smallest absolute Gasteiger partial charge is 0.240 e. The van der Waals surface area contributed by atoms with E-state index in [4.69, 9.17) is 9.47 Å². The molecule has 1 saturated heterocycles. The van der Waals surface area contributed by atoms with E-state index in [0.717, 1.165) is 5.56 Å². The summed E-state index contributed by atoms with van der Waals surface area (Å²) in [5.41, 5.74) is 1.63. The van der Waals surface area contributed by atoms with Crippen LogP contribution in [0.3, 0.4) is 0 Å². The van der Waals surface area contributed by atoms with Crippen LogP contribution >= 0.6 is 11.8 Å². The Morgan fingerprint density at radius 2 is 1.89 bits per heavy atom. The van der Waals surface area contributed by atoms with Crippen LogP contribution in [-0.2, 0) is 16.1 Å². The van der Waals surface area contributed by atoms with Crippen LogP contribution in [0.15, 0.2) is 53.5 Å². The van der Waals surface area contributed by atoms with Gasteiger partial charge in [0.25, 0.3) is 0 Å². The number of rotatable bonds is 7. The third kappa shape index (κ3) is 5.04. The molecule has 0 spiro atoms. The first-order chi connectivity index (χ1) is 13.6. The highest BCUT2D eigenvalue weighted by Crippen LogP contribution is 2.30. The second-order valence-corrected chi connectivity index (χ2v) is 7.22. The van der Waals surface area contributed by atoms with Gasteiger partial charge >= 0.3 is 0 Å². The predicted octanol–water partition coefficient (Wildman–Crippen LogP) is 2.82. The second-order valence-electron chi connectivity index (χ2n) is 6.02. The minimum atomic E-state index is -0.505. The molecular weight excluding hydrogens is 378 g/mol. The monoisotopic (exact) mass is 399 g/mol. The number of hydrogen-bond acceptors (Lipinski definition) is 6. The summed E-state index contributed by atoms with van der Waals surface area (Å²) in [6.45, 7) is 0.480. The molecule has 1 heterocycles. The van der Waals surface area contributed by atoms with Crippen molar-refractivity contribution in [3.05, 3.63) is 54.1 Å². The molecule has 3 rings (SSSR count). The number of carbonyl (C=O) groups is 2. The summed E-state index contributed by atoms with van der Waals surface area (Å²) in [7, 11) is 3.07. The quantitative estimate of drug-likeness (QED) is 0.747. The first-order valence-electron chi connectivity index (χ1n) is 8.67. The highest BCUT2D eigenvalue weighted by molar-refractivity contribution is 8.15. The third-order valence-corrected chi connectivity index (χ3v) is 5.18. The van der Waals surface area contributed by atoms with E-state index in [9.17, 15) is 9.59 Å². The van der Waals surface area contributed by atoms with E-state index < -0.39 is 5.25 Å². The molecule has 1 aliphatic heterocycles. The molecule has 2 amide bonds. The Labute approximate surface area is 167 Å². The number of benzene rings is 2. The summed E-state index contributed by atoms with van der Waals surface area (Å²) >= 11 is 1.27. The summed E-state index contributed by atoms with van der Waals surface area (Å²) in [5.74, 6) is 0.623. The van der Waals surface area contributed by atoms with Crippen molar-refractivity contribution in [1.82, 2.24) is 5.32 Å². The van der Waals surface area contributed by atoms with Crippen molar-refractivity contribution in [3.63, 3.8) is 0 Å². The molecule has 0 saturated carbocycles. The van der Waals surface area contributed by atoms with Gasteiger partial charge in [0, 0.05) is 18.2 Å². The lowest BCUT2D eigenvalue weighted by atomic mass is 10.2. The van der Waals surface area contributed by atoms with Crippen molar-refractivity contribution in [2.45, 2.75) is 18.2 Å². The zero-order valence-corrected chi connectivity index (χ0v) is 16.4. The second kappa shape index (κ2) is 9.27. The number of methoxy groups -OCH3 is 2. The number of amides is 2. The molecule has 0 radical (unpaired) electrons. The fourth-order valence-corrected chi connectivity index (χ4v) is 3.62. The van der Waals surface area contributed by atoms with Gasteiger partial charge in [0.2, 0.25) is 11.8 Å². The molecule has 28 heavy (non-hydrogen) atoms. The maximum Gasteiger partial charge on any atom is 0.240 e.